The van der Waals surface area contributed by atoms with Crippen LogP contribution in [0.3, 0.4) is 0 Å². The third-order valence-electron chi connectivity index (χ3n) is 3.15. The zero-order valence-electron chi connectivity index (χ0n) is 10.6. The van der Waals surface area contributed by atoms with Crippen LogP contribution >= 0.6 is 0 Å². The van der Waals surface area contributed by atoms with Crippen LogP contribution in [-0.4, -0.2) is 50.7 Å². The first-order chi connectivity index (χ1) is 7.22. The van der Waals surface area contributed by atoms with Gasteiger partial charge in [-0.1, -0.05) is 13.8 Å². The maximum absolute atomic E-state index is 3.48. The van der Waals surface area contributed by atoms with Crippen molar-refractivity contribution < 1.29 is 0 Å². The summed E-state index contributed by atoms with van der Waals surface area (Å²) in [4.78, 5) is 2.59. The first-order valence-corrected chi connectivity index (χ1v) is 6.32. The van der Waals surface area contributed by atoms with Crippen LogP contribution < -0.4 is 10.6 Å². The fourth-order valence-corrected chi connectivity index (χ4v) is 2.21. The molecule has 0 bridgehead atoms. The summed E-state index contributed by atoms with van der Waals surface area (Å²) in [7, 11) is 2.04. The van der Waals surface area contributed by atoms with E-state index in [1.54, 1.807) is 0 Å². The van der Waals surface area contributed by atoms with Gasteiger partial charge in [0.1, 0.15) is 0 Å². The Morgan fingerprint density at radius 2 is 2.13 bits per heavy atom. The van der Waals surface area contributed by atoms with Crippen molar-refractivity contribution in [3.63, 3.8) is 0 Å². The van der Waals surface area contributed by atoms with Crippen LogP contribution in [0.2, 0.25) is 0 Å². The largest absolute Gasteiger partial charge is 0.320 e. The van der Waals surface area contributed by atoms with Gasteiger partial charge < -0.3 is 15.5 Å². The summed E-state index contributed by atoms with van der Waals surface area (Å²) in [6.07, 6.45) is 2.73. The summed E-state index contributed by atoms with van der Waals surface area (Å²) < 4.78 is 0. The van der Waals surface area contributed by atoms with Gasteiger partial charge in [-0.15, -0.1) is 0 Å². The number of hydrogen-bond donors (Lipinski definition) is 2. The first kappa shape index (κ1) is 12.9. The summed E-state index contributed by atoms with van der Waals surface area (Å²) in [5, 5.41) is 6.71. The molecule has 1 fully saturated rings. The van der Waals surface area contributed by atoms with Crippen molar-refractivity contribution >= 4 is 0 Å². The maximum atomic E-state index is 3.48. The Balaban J connectivity index is 2.03. The fourth-order valence-electron chi connectivity index (χ4n) is 2.21. The topological polar surface area (TPSA) is 27.3 Å². The Morgan fingerprint density at radius 1 is 1.33 bits per heavy atom. The quantitative estimate of drug-likeness (QED) is 0.658. The Hall–Kier alpha value is -0.120. The predicted octanol–water partition coefficient (Wildman–Crippen LogP) is 0.916. The van der Waals surface area contributed by atoms with Gasteiger partial charge in [-0.25, -0.2) is 0 Å². The van der Waals surface area contributed by atoms with Gasteiger partial charge in [0.2, 0.25) is 0 Å². The summed E-state index contributed by atoms with van der Waals surface area (Å²) in [6.45, 7) is 10.5. The van der Waals surface area contributed by atoms with Crippen LogP contribution in [-0.2, 0) is 0 Å². The smallest absolute Gasteiger partial charge is 0.0107 e. The highest BCUT2D eigenvalue weighted by Crippen LogP contribution is 2.18. The average Bonchev–Trinajstić information content (AvgIpc) is 2.62. The lowest BCUT2D eigenvalue weighted by Gasteiger charge is -2.17. The van der Waals surface area contributed by atoms with Gasteiger partial charge in [-0.05, 0) is 38.9 Å². The highest BCUT2D eigenvalue weighted by atomic mass is 15.2. The van der Waals surface area contributed by atoms with Crippen molar-refractivity contribution in [1.29, 1.82) is 0 Å². The lowest BCUT2D eigenvalue weighted by molar-refractivity contribution is 0.314. The van der Waals surface area contributed by atoms with E-state index in [0.29, 0.717) is 6.04 Å². The number of hydrogen-bond acceptors (Lipinski definition) is 3. The Bertz CT molecular complexity index is 159. The minimum atomic E-state index is 0.618. The first-order valence-electron chi connectivity index (χ1n) is 6.32. The third-order valence-corrected chi connectivity index (χ3v) is 3.15. The molecule has 90 valence electrons. The second-order valence-corrected chi connectivity index (χ2v) is 4.96. The molecule has 1 unspecified atom stereocenters. The molecule has 0 radical (unpaired) electrons. The molecule has 0 aromatic rings. The van der Waals surface area contributed by atoms with Gasteiger partial charge in [0, 0.05) is 25.7 Å². The minimum Gasteiger partial charge on any atom is -0.320 e. The highest BCUT2D eigenvalue weighted by Gasteiger charge is 2.21. The minimum absolute atomic E-state index is 0.618. The van der Waals surface area contributed by atoms with E-state index >= 15 is 0 Å². The van der Waals surface area contributed by atoms with E-state index in [9.17, 15) is 0 Å². The molecule has 0 aromatic carbocycles. The van der Waals surface area contributed by atoms with Crippen molar-refractivity contribution in [1.82, 2.24) is 15.5 Å². The molecule has 1 rings (SSSR count). The third kappa shape index (κ3) is 5.50. The second kappa shape index (κ2) is 7.20. The van der Waals surface area contributed by atoms with Gasteiger partial charge in [-0.2, -0.15) is 0 Å². The van der Waals surface area contributed by atoms with Crippen LogP contribution in [0.25, 0.3) is 0 Å². The van der Waals surface area contributed by atoms with Gasteiger partial charge in [-0.3, -0.25) is 0 Å². The van der Waals surface area contributed by atoms with Crippen molar-refractivity contribution in [2.24, 2.45) is 5.92 Å². The van der Waals surface area contributed by atoms with Gasteiger partial charge in [0.25, 0.3) is 0 Å². The molecule has 1 saturated heterocycles. The zero-order chi connectivity index (χ0) is 11.1. The fraction of sp³-hybridized carbons (Fsp3) is 1.00. The van der Waals surface area contributed by atoms with Crippen LogP contribution in [0, 0.1) is 5.92 Å². The van der Waals surface area contributed by atoms with E-state index in [1.165, 1.54) is 39.0 Å². The van der Waals surface area contributed by atoms with Gasteiger partial charge in [0.05, 0.1) is 0 Å². The van der Waals surface area contributed by atoms with E-state index < -0.39 is 0 Å². The molecule has 1 aliphatic heterocycles. The van der Waals surface area contributed by atoms with Crippen LogP contribution in [0.15, 0.2) is 0 Å². The number of rotatable bonds is 7. The molecule has 2 N–H and O–H groups in total. The standard InChI is InChI=1S/C12H27N3/c1-11(2)14-7-9-15-8-5-12(10-15)4-6-13-3/h11-14H,4-10H2,1-3H3. The Labute approximate surface area is 94.6 Å². The molecule has 15 heavy (non-hydrogen) atoms. The average molecular weight is 213 g/mol. The highest BCUT2D eigenvalue weighted by molar-refractivity contribution is 4.76. The van der Waals surface area contributed by atoms with Crippen molar-refractivity contribution in [2.45, 2.75) is 32.7 Å². The van der Waals surface area contributed by atoms with Crippen molar-refractivity contribution in [2.75, 3.05) is 39.8 Å². The molecule has 0 saturated carbocycles. The number of likely N-dealkylation sites (tertiary alicyclic amines) is 1. The van der Waals surface area contributed by atoms with E-state index in [1.807, 2.05) is 7.05 Å². The molecule has 3 nitrogen and oxygen atoms in total. The van der Waals surface area contributed by atoms with Crippen LogP contribution in [0.1, 0.15) is 26.7 Å². The van der Waals surface area contributed by atoms with E-state index in [-0.39, 0.29) is 0 Å². The molecule has 0 aliphatic carbocycles. The molecule has 1 aliphatic rings. The molecule has 0 spiro atoms. The summed E-state index contributed by atoms with van der Waals surface area (Å²) in [6, 6.07) is 0.618. The number of nitrogens with one attached hydrogen (secondary N) is 2. The molecular formula is C12H27N3. The summed E-state index contributed by atoms with van der Waals surface area (Å²) in [5.41, 5.74) is 0. The zero-order valence-corrected chi connectivity index (χ0v) is 10.6. The molecule has 1 heterocycles. The van der Waals surface area contributed by atoms with E-state index in [2.05, 4.69) is 29.4 Å². The summed E-state index contributed by atoms with van der Waals surface area (Å²) in [5.74, 6) is 0.927. The lowest BCUT2D eigenvalue weighted by Crippen LogP contribution is -2.33. The molecular weight excluding hydrogens is 186 g/mol. The maximum Gasteiger partial charge on any atom is 0.0107 e. The van der Waals surface area contributed by atoms with Gasteiger partial charge >= 0.3 is 0 Å². The SMILES string of the molecule is CNCCC1CCN(CCNC(C)C)C1. The molecule has 3 heteroatoms. The molecule has 1 atom stereocenters. The molecule has 0 aromatic heterocycles. The van der Waals surface area contributed by atoms with Crippen LogP contribution in [0.5, 0.6) is 0 Å². The Kier molecular flexibility index (Phi) is 6.22. The number of nitrogens with zero attached hydrogens (tertiary/aromatic N) is 1. The lowest BCUT2D eigenvalue weighted by atomic mass is 10.1. The van der Waals surface area contributed by atoms with E-state index in [4.69, 9.17) is 0 Å². The van der Waals surface area contributed by atoms with Crippen LogP contribution in [0.4, 0.5) is 0 Å². The second-order valence-electron chi connectivity index (χ2n) is 4.96. The van der Waals surface area contributed by atoms with E-state index in [0.717, 1.165) is 12.5 Å². The van der Waals surface area contributed by atoms with Crippen molar-refractivity contribution in [3.8, 4) is 0 Å². The van der Waals surface area contributed by atoms with Crippen molar-refractivity contribution in [3.05, 3.63) is 0 Å². The predicted molar refractivity (Wildman–Crippen MR) is 66.2 cm³/mol. The monoisotopic (exact) mass is 213 g/mol. The normalized spacial score (nSPS) is 22.8. The van der Waals surface area contributed by atoms with Gasteiger partial charge in [0.15, 0.2) is 0 Å². The molecule has 0 amide bonds. The summed E-state index contributed by atoms with van der Waals surface area (Å²) >= 11 is 0. The Morgan fingerprint density at radius 3 is 2.80 bits per heavy atom.